The van der Waals surface area contributed by atoms with E-state index < -0.39 is 0 Å². The molecule has 0 spiro atoms. The van der Waals surface area contributed by atoms with Crippen molar-refractivity contribution in [2.24, 2.45) is 5.92 Å². The number of rotatable bonds is 5. The van der Waals surface area contributed by atoms with Gasteiger partial charge in [-0.25, -0.2) is 0 Å². The van der Waals surface area contributed by atoms with Crippen molar-refractivity contribution in [3.8, 4) is 6.07 Å². The zero-order chi connectivity index (χ0) is 13.5. The van der Waals surface area contributed by atoms with Crippen molar-refractivity contribution in [1.29, 1.82) is 5.26 Å². The van der Waals surface area contributed by atoms with E-state index in [0.29, 0.717) is 17.0 Å². The summed E-state index contributed by atoms with van der Waals surface area (Å²) < 4.78 is 0. The summed E-state index contributed by atoms with van der Waals surface area (Å²) in [5, 5.41) is 11.7. The Bertz CT molecular complexity index is 429. The van der Waals surface area contributed by atoms with Crippen molar-refractivity contribution in [2.75, 3.05) is 0 Å². The molecule has 0 heterocycles. The molecule has 0 radical (unpaired) electrons. The molecule has 1 amide bonds. The van der Waals surface area contributed by atoms with E-state index in [4.69, 9.17) is 5.26 Å². The Balaban J connectivity index is 2.51. The molecule has 1 aromatic rings. The average molecular weight is 244 g/mol. The van der Waals surface area contributed by atoms with Crippen molar-refractivity contribution in [2.45, 2.75) is 39.7 Å². The minimum absolute atomic E-state index is 0.0734. The van der Waals surface area contributed by atoms with Gasteiger partial charge in [-0.1, -0.05) is 13.8 Å². The van der Waals surface area contributed by atoms with Crippen LogP contribution in [0.1, 0.15) is 49.5 Å². The summed E-state index contributed by atoms with van der Waals surface area (Å²) in [4.78, 5) is 11.9. The lowest BCUT2D eigenvalue weighted by Crippen LogP contribution is -2.32. The molecule has 1 rings (SSSR count). The van der Waals surface area contributed by atoms with E-state index in [0.717, 1.165) is 12.8 Å². The molecule has 0 saturated carbocycles. The van der Waals surface area contributed by atoms with Crippen LogP contribution in [0.25, 0.3) is 0 Å². The molecule has 0 aliphatic rings. The molecule has 18 heavy (non-hydrogen) atoms. The standard InChI is InChI=1S/C15H20N2O/c1-11(2)4-5-12(3)17-15(18)14-8-6-13(10-16)7-9-14/h6-9,11-12H,4-5H2,1-3H3,(H,17,18). The Morgan fingerprint density at radius 1 is 1.22 bits per heavy atom. The highest BCUT2D eigenvalue weighted by molar-refractivity contribution is 5.94. The number of nitrogens with zero attached hydrogens (tertiary/aromatic N) is 1. The summed E-state index contributed by atoms with van der Waals surface area (Å²) in [5.41, 5.74) is 1.17. The molecule has 96 valence electrons. The van der Waals surface area contributed by atoms with Gasteiger partial charge in [0.25, 0.3) is 5.91 Å². The van der Waals surface area contributed by atoms with Crippen LogP contribution in [0.2, 0.25) is 0 Å². The summed E-state index contributed by atoms with van der Waals surface area (Å²) in [7, 11) is 0. The summed E-state index contributed by atoms with van der Waals surface area (Å²) in [6.45, 7) is 6.37. The largest absolute Gasteiger partial charge is 0.350 e. The number of amides is 1. The van der Waals surface area contributed by atoms with Crippen LogP contribution >= 0.6 is 0 Å². The van der Waals surface area contributed by atoms with Crippen molar-refractivity contribution in [3.63, 3.8) is 0 Å². The van der Waals surface area contributed by atoms with Gasteiger partial charge >= 0.3 is 0 Å². The first-order chi connectivity index (χ1) is 8.52. The van der Waals surface area contributed by atoms with E-state index in [1.165, 1.54) is 0 Å². The second-order valence-corrected chi connectivity index (χ2v) is 5.03. The Morgan fingerprint density at radius 3 is 2.33 bits per heavy atom. The monoisotopic (exact) mass is 244 g/mol. The number of nitrogens with one attached hydrogen (secondary N) is 1. The zero-order valence-corrected chi connectivity index (χ0v) is 11.2. The van der Waals surface area contributed by atoms with Gasteiger partial charge in [-0.05, 0) is 49.9 Å². The molecule has 3 nitrogen and oxygen atoms in total. The number of carbonyl (C=O) groups excluding carboxylic acids is 1. The van der Waals surface area contributed by atoms with Gasteiger partial charge in [0, 0.05) is 11.6 Å². The maximum atomic E-state index is 11.9. The van der Waals surface area contributed by atoms with E-state index in [1.807, 2.05) is 13.0 Å². The molecule has 0 saturated heterocycles. The second kappa shape index (κ2) is 6.80. The van der Waals surface area contributed by atoms with Crippen LogP contribution in [-0.2, 0) is 0 Å². The molecule has 0 fully saturated rings. The van der Waals surface area contributed by atoms with E-state index in [9.17, 15) is 4.79 Å². The SMILES string of the molecule is CC(C)CCC(C)NC(=O)c1ccc(C#N)cc1. The highest BCUT2D eigenvalue weighted by Crippen LogP contribution is 2.08. The number of carbonyl (C=O) groups is 1. The van der Waals surface area contributed by atoms with E-state index in [2.05, 4.69) is 19.2 Å². The van der Waals surface area contributed by atoms with Gasteiger partial charge < -0.3 is 5.32 Å². The molecule has 1 atom stereocenters. The summed E-state index contributed by atoms with van der Waals surface area (Å²) in [5.74, 6) is 0.579. The van der Waals surface area contributed by atoms with Gasteiger partial charge in [-0.3, -0.25) is 4.79 Å². The van der Waals surface area contributed by atoms with Crippen molar-refractivity contribution < 1.29 is 4.79 Å². The second-order valence-electron chi connectivity index (χ2n) is 5.03. The fraction of sp³-hybridized carbons (Fsp3) is 0.467. The Labute approximate surface area is 109 Å². The molecule has 0 aliphatic heterocycles. The molecule has 0 bridgehead atoms. The molecule has 3 heteroatoms. The van der Waals surface area contributed by atoms with Gasteiger partial charge in [-0.15, -0.1) is 0 Å². The predicted molar refractivity (Wildman–Crippen MR) is 72.2 cm³/mol. The van der Waals surface area contributed by atoms with Crippen LogP contribution < -0.4 is 5.32 Å². The lowest BCUT2D eigenvalue weighted by Gasteiger charge is -2.15. The first-order valence-corrected chi connectivity index (χ1v) is 6.34. The summed E-state index contributed by atoms with van der Waals surface area (Å²) in [6.07, 6.45) is 2.09. The van der Waals surface area contributed by atoms with Crippen molar-refractivity contribution >= 4 is 5.91 Å². The smallest absolute Gasteiger partial charge is 0.251 e. The Morgan fingerprint density at radius 2 is 1.83 bits per heavy atom. The van der Waals surface area contributed by atoms with E-state index >= 15 is 0 Å². The Hall–Kier alpha value is -1.82. The normalized spacial score (nSPS) is 11.9. The Kier molecular flexibility index (Phi) is 5.38. The predicted octanol–water partition coefficient (Wildman–Crippen LogP) is 3.11. The van der Waals surface area contributed by atoms with E-state index in [1.54, 1.807) is 24.3 Å². The fourth-order valence-electron chi connectivity index (χ4n) is 1.66. The first-order valence-electron chi connectivity index (χ1n) is 6.34. The number of benzene rings is 1. The maximum Gasteiger partial charge on any atom is 0.251 e. The first kappa shape index (κ1) is 14.2. The maximum absolute atomic E-state index is 11.9. The average Bonchev–Trinajstić information content (AvgIpc) is 2.36. The van der Waals surface area contributed by atoms with Crippen molar-refractivity contribution in [1.82, 2.24) is 5.32 Å². The lowest BCUT2D eigenvalue weighted by atomic mass is 10.0. The molecule has 1 unspecified atom stereocenters. The molecular weight excluding hydrogens is 224 g/mol. The summed E-state index contributed by atoms with van der Waals surface area (Å²) >= 11 is 0. The highest BCUT2D eigenvalue weighted by Gasteiger charge is 2.10. The molecule has 1 N–H and O–H groups in total. The number of nitriles is 1. The van der Waals surface area contributed by atoms with Crippen LogP contribution in [0.3, 0.4) is 0 Å². The lowest BCUT2D eigenvalue weighted by molar-refractivity contribution is 0.0937. The van der Waals surface area contributed by atoms with Crippen LogP contribution in [0.5, 0.6) is 0 Å². The highest BCUT2D eigenvalue weighted by atomic mass is 16.1. The molecule has 1 aromatic carbocycles. The molecule has 0 aliphatic carbocycles. The fourth-order valence-corrected chi connectivity index (χ4v) is 1.66. The number of hydrogen-bond donors (Lipinski definition) is 1. The van der Waals surface area contributed by atoms with Crippen LogP contribution in [0.15, 0.2) is 24.3 Å². The minimum Gasteiger partial charge on any atom is -0.350 e. The quantitative estimate of drug-likeness (QED) is 0.865. The number of hydrogen-bond acceptors (Lipinski definition) is 2. The topological polar surface area (TPSA) is 52.9 Å². The van der Waals surface area contributed by atoms with Gasteiger partial charge in [0.1, 0.15) is 0 Å². The van der Waals surface area contributed by atoms with Gasteiger partial charge in [0.2, 0.25) is 0 Å². The van der Waals surface area contributed by atoms with E-state index in [-0.39, 0.29) is 11.9 Å². The third kappa shape index (κ3) is 4.58. The molecular formula is C15H20N2O. The zero-order valence-electron chi connectivity index (χ0n) is 11.2. The van der Waals surface area contributed by atoms with Crippen LogP contribution in [-0.4, -0.2) is 11.9 Å². The third-order valence-electron chi connectivity index (χ3n) is 2.83. The van der Waals surface area contributed by atoms with Gasteiger partial charge in [-0.2, -0.15) is 5.26 Å². The summed E-state index contributed by atoms with van der Waals surface area (Å²) in [6, 6.07) is 8.90. The molecule has 0 aromatic heterocycles. The van der Waals surface area contributed by atoms with Crippen molar-refractivity contribution in [3.05, 3.63) is 35.4 Å². The van der Waals surface area contributed by atoms with Gasteiger partial charge in [0.15, 0.2) is 0 Å². The minimum atomic E-state index is -0.0734. The van der Waals surface area contributed by atoms with Crippen LogP contribution in [0, 0.1) is 17.2 Å². The third-order valence-corrected chi connectivity index (χ3v) is 2.83. The van der Waals surface area contributed by atoms with Gasteiger partial charge in [0.05, 0.1) is 11.6 Å². The van der Waals surface area contributed by atoms with Crippen LogP contribution in [0.4, 0.5) is 0 Å².